The number of aliphatic hydroxyl groups is 2. The zero-order valence-corrected chi connectivity index (χ0v) is 51.6. The molecule has 31 nitrogen and oxygen atoms in total. The monoisotopic (exact) mass is 1290 g/mol. The molecule has 0 fully saturated rings. The number of phenols is 1. The van der Waals surface area contributed by atoms with Crippen molar-refractivity contribution < 1.29 is 68.1 Å². The fourth-order valence-corrected chi connectivity index (χ4v) is 9.52. The van der Waals surface area contributed by atoms with E-state index in [2.05, 4.69) is 68.7 Å². The Labute approximate surface area is 535 Å². The van der Waals surface area contributed by atoms with Gasteiger partial charge in [-0.15, -0.1) is 0 Å². The van der Waals surface area contributed by atoms with Gasteiger partial charge in [0, 0.05) is 50.0 Å². The molecule has 0 bridgehead atoms. The highest BCUT2D eigenvalue weighted by molar-refractivity contribution is 5.99. The van der Waals surface area contributed by atoms with Gasteiger partial charge in [0.25, 0.3) is 5.91 Å². The summed E-state index contributed by atoms with van der Waals surface area (Å²) in [5.41, 5.74) is 30.4. The number of phenolic OH excluding ortho intramolecular Hbond substituents is 1. The molecule has 12 amide bonds. The van der Waals surface area contributed by atoms with Gasteiger partial charge in [-0.1, -0.05) is 105 Å². The molecule has 0 aliphatic heterocycles. The number of amides is 12. The van der Waals surface area contributed by atoms with E-state index in [1.807, 2.05) is 0 Å². The molecule has 5 rings (SSSR count). The van der Waals surface area contributed by atoms with E-state index in [9.17, 15) is 68.1 Å². The Bertz CT molecular complexity index is 3390. The van der Waals surface area contributed by atoms with Gasteiger partial charge in [0.05, 0.1) is 25.7 Å². The van der Waals surface area contributed by atoms with E-state index in [0.717, 1.165) is 0 Å². The van der Waals surface area contributed by atoms with Crippen molar-refractivity contribution in [1.29, 1.82) is 0 Å². The standard InChI is InChI=1S/C62H83N17O14/c1-34(2)25-45(55(87)70-43(19-12-24-68-61(66)67-3)54(86)71-44(52(65)84)27-35-13-6-4-7-14-35)77-62(93)79-78-60(92)46(28-36-15-8-5-9-16-36)72-59(91)50(33-81)76-57(89)48(30-51(64)83)74-56(88)47(29-38-31-69-42-18-11-10-17-40(38)42)73-58(90)49(32-80)75-53(85)41(63)26-37-20-22-39(82)23-21-37/h4-11,13-18,20-23,31,34,41,43-50,69,80-82H,12,19,24-30,32-33,63H2,1-3H3,(H2,64,83)(H2,65,84)(H,70,87)(H,71,86)(H,72,91)(H,73,90)(H,74,88)(H,75,85)(H,76,89)(H,78,92)(H3,66,67,68)(H2,77,79,93)/t41-,43+,44+,45+,46+,47+,48+,49-,50+/m1/s1. The van der Waals surface area contributed by atoms with Crippen LogP contribution < -0.4 is 81.6 Å². The minimum absolute atomic E-state index is 0.0177. The van der Waals surface area contributed by atoms with E-state index < -0.39 is 139 Å². The van der Waals surface area contributed by atoms with Crippen molar-refractivity contribution in [3.8, 4) is 5.75 Å². The molecule has 93 heavy (non-hydrogen) atoms. The number of carbonyl (C=O) groups excluding carboxylic acids is 11. The number of nitrogens with one attached hydrogen (secondary N) is 12. The number of carbonyl (C=O) groups is 11. The molecule has 500 valence electrons. The Hall–Kier alpha value is -10.7. The van der Waals surface area contributed by atoms with E-state index in [-0.39, 0.29) is 69.1 Å². The van der Waals surface area contributed by atoms with Gasteiger partial charge in [-0.2, -0.15) is 0 Å². The molecule has 0 aliphatic carbocycles. The lowest BCUT2D eigenvalue weighted by Gasteiger charge is -2.27. The predicted octanol–water partition coefficient (Wildman–Crippen LogP) is -3.73. The average Bonchev–Trinajstić information content (AvgIpc) is 1.75. The van der Waals surface area contributed by atoms with Crippen molar-refractivity contribution >= 4 is 82.0 Å². The fourth-order valence-electron chi connectivity index (χ4n) is 9.52. The maximum atomic E-state index is 14.4. The van der Waals surface area contributed by atoms with Crippen LogP contribution in [-0.2, 0) is 73.6 Å². The van der Waals surface area contributed by atoms with Crippen molar-refractivity contribution in [2.24, 2.45) is 33.8 Å². The van der Waals surface area contributed by atoms with Crippen LogP contribution in [0.4, 0.5) is 4.79 Å². The molecule has 1 heterocycles. The summed E-state index contributed by atoms with van der Waals surface area (Å²) in [7, 11) is 1.47. The Balaban J connectivity index is 1.29. The number of H-pyrrole nitrogens is 1. The average molecular weight is 1290 g/mol. The number of benzene rings is 4. The fraction of sp³-hybridized carbons (Fsp3) is 0.387. The lowest BCUT2D eigenvalue weighted by atomic mass is 10.0. The second-order valence-corrected chi connectivity index (χ2v) is 22.2. The number of urea groups is 1. The third-order valence-corrected chi connectivity index (χ3v) is 14.5. The second kappa shape index (κ2) is 36.9. The zero-order chi connectivity index (χ0) is 68.1. The molecule has 0 unspecified atom stereocenters. The summed E-state index contributed by atoms with van der Waals surface area (Å²) >= 11 is 0. The molecule has 23 N–H and O–H groups in total. The lowest BCUT2D eigenvalue weighted by molar-refractivity contribution is -0.136. The van der Waals surface area contributed by atoms with Crippen LogP contribution in [0.1, 0.15) is 61.8 Å². The molecule has 9 atom stereocenters. The summed E-state index contributed by atoms with van der Waals surface area (Å²) < 4.78 is 0. The van der Waals surface area contributed by atoms with E-state index in [1.54, 1.807) is 105 Å². The number of rotatable bonds is 35. The number of aromatic amines is 1. The quantitative estimate of drug-likeness (QED) is 0.00803. The van der Waals surface area contributed by atoms with E-state index in [1.165, 1.54) is 31.3 Å². The second-order valence-electron chi connectivity index (χ2n) is 22.2. The van der Waals surface area contributed by atoms with Crippen LogP contribution >= 0.6 is 0 Å². The first-order valence-corrected chi connectivity index (χ1v) is 29.8. The van der Waals surface area contributed by atoms with Crippen LogP contribution in [0.5, 0.6) is 5.75 Å². The Morgan fingerprint density at radius 1 is 0.505 bits per heavy atom. The van der Waals surface area contributed by atoms with Gasteiger partial charge in [0.1, 0.15) is 54.1 Å². The summed E-state index contributed by atoms with van der Waals surface area (Å²) in [5.74, 6) is -10.1. The normalized spacial score (nSPS) is 14.2. The molecule has 0 spiro atoms. The number of guanidine groups is 1. The van der Waals surface area contributed by atoms with Gasteiger partial charge >= 0.3 is 6.03 Å². The van der Waals surface area contributed by atoms with Gasteiger partial charge in [-0.25, -0.2) is 10.2 Å². The predicted molar refractivity (Wildman–Crippen MR) is 341 cm³/mol. The minimum Gasteiger partial charge on any atom is -0.508 e. The Morgan fingerprint density at radius 2 is 0.978 bits per heavy atom. The number of nitrogens with two attached hydrogens (primary N) is 4. The summed E-state index contributed by atoms with van der Waals surface area (Å²) in [4.78, 5) is 157. The van der Waals surface area contributed by atoms with Gasteiger partial charge in [0.15, 0.2) is 5.96 Å². The Morgan fingerprint density at radius 3 is 1.55 bits per heavy atom. The topological polar surface area (TPSA) is 513 Å². The third-order valence-electron chi connectivity index (χ3n) is 14.5. The number of aromatic hydroxyl groups is 1. The molecule has 0 radical (unpaired) electrons. The first kappa shape index (κ1) is 73.1. The largest absolute Gasteiger partial charge is 0.508 e. The number of aliphatic imine (C=N–C) groups is 1. The van der Waals surface area contributed by atoms with Crippen molar-refractivity contribution in [2.75, 3.05) is 26.8 Å². The minimum atomic E-state index is -1.89. The number of aromatic nitrogens is 1. The molecule has 0 saturated carbocycles. The zero-order valence-electron chi connectivity index (χ0n) is 51.6. The smallest absolute Gasteiger partial charge is 0.334 e. The van der Waals surface area contributed by atoms with Gasteiger partial charge < -0.3 is 91.1 Å². The summed E-state index contributed by atoms with van der Waals surface area (Å²) in [6.07, 6.45) is 0.476. The van der Waals surface area contributed by atoms with Crippen LogP contribution in [0.3, 0.4) is 0 Å². The maximum absolute atomic E-state index is 14.4. The molecule has 31 heteroatoms. The number of primary amides is 2. The number of aliphatic hydroxyl groups excluding tert-OH is 2. The summed E-state index contributed by atoms with van der Waals surface area (Å²) in [5, 5.41) is 53.6. The van der Waals surface area contributed by atoms with Crippen molar-refractivity contribution in [3.05, 3.63) is 138 Å². The van der Waals surface area contributed by atoms with E-state index >= 15 is 0 Å². The number of fused-ring (bicyclic) bond motifs is 1. The summed E-state index contributed by atoms with van der Waals surface area (Å²) in [6, 6.07) is 15.1. The highest BCUT2D eigenvalue weighted by Gasteiger charge is 2.35. The van der Waals surface area contributed by atoms with E-state index in [4.69, 9.17) is 22.9 Å². The molecule has 4 aromatic carbocycles. The van der Waals surface area contributed by atoms with Gasteiger partial charge in [-0.05, 0) is 72.1 Å². The van der Waals surface area contributed by atoms with Crippen molar-refractivity contribution in [3.63, 3.8) is 0 Å². The highest BCUT2D eigenvalue weighted by atomic mass is 16.3. The van der Waals surface area contributed by atoms with Gasteiger partial charge in [0.2, 0.25) is 53.2 Å². The first-order chi connectivity index (χ1) is 44.4. The van der Waals surface area contributed by atoms with Crippen LogP contribution in [0.15, 0.2) is 120 Å². The van der Waals surface area contributed by atoms with Gasteiger partial charge in [-0.3, -0.25) is 58.4 Å². The number of hydrogen-bond donors (Lipinski definition) is 19. The third kappa shape index (κ3) is 24.2. The van der Waals surface area contributed by atoms with Crippen molar-refractivity contribution in [2.45, 2.75) is 120 Å². The maximum Gasteiger partial charge on any atom is 0.334 e. The number of hydrogen-bond acceptors (Lipinski definition) is 16. The molecule has 0 saturated heterocycles. The number of para-hydroxylation sites is 1. The molecule has 5 aromatic rings. The molecular formula is C62H83N17O14. The first-order valence-electron chi connectivity index (χ1n) is 29.8. The summed E-state index contributed by atoms with van der Waals surface area (Å²) in [6.45, 7) is 1.68. The van der Waals surface area contributed by atoms with E-state index in [0.29, 0.717) is 33.2 Å². The SMILES string of the molecule is CN=C(N)NCCC[C@H](NC(=O)[C@H](CC(C)C)NC(=O)NNC(=O)[C@H](Cc1ccccc1)NC(=O)[C@H](CO)NC(=O)[C@H](CC(N)=O)NC(=O)[C@H](Cc1c[nH]c2ccccc12)NC(=O)[C@@H](CO)NC(=O)[C@H](N)Cc1ccc(O)cc1)C(=O)N[C@@H](Cc1ccccc1)C(N)=O. The van der Waals surface area contributed by atoms with Crippen LogP contribution in [0, 0.1) is 5.92 Å². The van der Waals surface area contributed by atoms with Crippen LogP contribution in [-0.4, -0.2) is 173 Å². The van der Waals surface area contributed by atoms with Crippen molar-refractivity contribution in [1.82, 2.24) is 63.7 Å². The molecular weight excluding hydrogens is 1210 g/mol. The number of nitrogens with zero attached hydrogens (tertiary/aromatic N) is 1. The number of hydrazine groups is 1. The molecule has 0 aliphatic rings. The highest BCUT2D eigenvalue weighted by Crippen LogP contribution is 2.20. The Kier molecular flexibility index (Phi) is 29.0. The van der Waals surface area contributed by atoms with Crippen LogP contribution in [0.25, 0.3) is 10.9 Å². The van der Waals surface area contributed by atoms with Crippen LogP contribution in [0.2, 0.25) is 0 Å². The lowest BCUT2D eigenvalue weighted by Crippen LogP contribution is -2.62. The molecule has 1 aromatic heterocycles.